The molecule has 0 amide bonds. The smallest absolute Gasteiger partial charge is 0.0471 e. The van der Waals surface area contributed by atoms with Crippen LogP contribution in [0.5, 0.6) is 0 Å². The van der Waals surface area contributed by atoms with E-state index in [4.69, 9.17) is 4.74 Å². The van der Waals surface area contributed by atoms with Gasteiger partial charge in [-0.2, -0.15) is 0 Å². The van der Waals surface area contributed by atoms with Gasteiger partial charge in [0.15, 0.2) is 0 Å². The molecule has 0 saturated heterocycles. The van der Waals surface area contributed by atoms with Gasteiger partial charge in [-0.15, -0.1) is 0 Å². The van der Waals surface area contributed by atoms with E-state index in [1.807, 2.05) is 0 Å². The van der Waals surface area contributed by atoms with E-state index in [2.05, 4.69) is 6.92 Å². The molecule has 1 radical (unpaired) electrons. The zero-order valence-electron chi connectivity index (χ0n) is 8.98. The maximum atomic E-state index is 5.56. The molecule has 0 aromatic carbocycles. The van der Waals surface area contributed by atoms with Crippen LogP contribution in [0.15, 0.2) is 0 Å². The van der Waals surface area contributed by atoms with Crippen molar-refractivity contribution in [1.82, 2.24) is 0 Å². The van der Waals surface area contributed by atoms with Crippen molar-refractivity contribution < 1.29 is 4.74 Å². The van der Waals surface area contributed by atoms with Gasteiger partial charge in [0.05, 0.1) is 0 Å². The highest BCUT2D eigenvalue weighted by Crippen LogP contribution is 2.27. The normalized spacial score (nSPS) is 19.2. The van der Waals surface area contributed by atoms with Crippen molar-refractivity contribution >= 4 is 0 Å². The summed E-state index contributed by atoms with van der Waals surface area (Å²) in [4.78, 5) is 0. The zero-order chi connectivity index (χ0) is 9.36. The molecular weight excluding hydrogens is 160 g/mol. The van der Waals surface area contributed by atoms with E-state index < -0.39 is 0 Å². The second kappa shape index (κ2) is 7.37. The summed E-state index contributed by atoms with van der Waals surface area (Å²) in [7, 11) is 0. The minimum Gasteiger partial charge on any atom is -0.381 e. The van der Waals surface area contributed by atoms with Crippen LogP contribution in [0.1, 0.15) is 58.3 Å². The van der Waals surface area contributed by atoms with Crippen LogP contribution in [0.2, 0.25) is 0 Å². The quantitative estimate of drug-likeness (QED) is 0.570. The summed E-state index contributed by atoms with van der Waals surface area (Å²) >= 11 is 0. The summed E-state index contributed by atoms with van der Waals surface area (Å²) in [5.41, 5.74) is 0. The lowest BCUT2D eigenvalue weighted by molar-refractivity contribution is 0.128. The monoisotopic (exact) mass is 183 g/mol. The molecule has 0 spiro atoms. The highest BCUT2D eigenvalue weighted by atomic mass is 16.5. The average Bonchev–Trinajstić information content (AvgIpc) is 2.19. The van der Waals surface area contributed by atoms with Crippen LogP contribution in [0.25, 0.3) is 0 Å². The van der Waals surface area contributed by atoms with Crippen LogP contribution in [-0.4, -0.2) is 13.2 Å². The Bertz CT molecular complexity index is 106. The molecule has 1 heteroatoms. The van der Waals surface area contributed by atoms with E-state index >= 15 is 0 Å². The molecule has 0 N–H and O–H groups in total. The molecule has 0 unspecified atom stereocenters. The number of hydrogen-bond acceptors (Lipinski definition) is 1. The van der Waals surface area contributed by atoms with Crippen LogP contribution in [-0.2, 0) is 4.74 Å². The fourth-order valence-corrected chi connectivity index (χ4v) is 1.87. The van der Waals surface area contributed by atoms with Gasteiger partial charge in [-0.3, -0.25) is 0 Å². The first-order chi connectivity index (χ1) is 6.43. The SMILES string of the molecule is CCCCOCC[C]1CCCCC1. The molecule has 0 atom stereocenters. The Labute approximate surface area is 82.9 Å². The van der Waals surface area contributed by atoms with Crippen molar-refractivity contribution in [2.45, 2.75) is 58.3 Å². The van der Waals surface area contributed by atoms with Gasteiger partial charge in [0.2, 0.25) is 0 Å². The number of ether oxygens (including phenoxy) is 1. The Kier molecular flexibility index (Phi) is 6.26. The van der Waals surface area contributed by atoms with Crippen LogP contribution in [0.3, 0.4) is 0 Å². The molecule has 0 aliphatic heterocycles. The maximum Gasteiger partial charge on any atom is 0.0471 e. The molecule has 1 aliphatic carbocycles. The van der Waals surface area contributed by atoms with E-state index in [1.54, 1.807) is 5.92 Å². The van der Waals surface area contributed by atoms with E-state index in [0.717, 1.165) is 13.2 Å². The molecule has 0 aromatic heterocycles. The van der Waals surface area contributed by atoms with Crippen LogP contribution >= 0.6 is 0 Å². The van der Waals surface area contributed by atoms with Gasteiger partial charge in [-0.1, -0.05) is 32.6 Å². The Morgan fingerprint density at radius 2 is 1.85 bits per heavy atom. The lowest BCUT2D eigenvalue weighted by atomic mass is 9.87. The Morgan fingerprint density at radius 1 is 1.08 bits per heavy atom. The third-order valence-electron chi connectivity index (χ3n) is 2.80. The molecular formula is C12H23O. The molecule has 1 fully saturated rings. The second-order valence-electron chi connectivity index (χ2n) is 4.03. The minimum atomic E-state index is 0.962. The summed E-state index contributed by atoms with van der Waals surface area (Å²) < 4.78 is 5.56. The van der Waals surface area contributed by atoms with E-state index in [0.29, 0.717) is 0 Å². The van der Waals surface area contributed by atoms with Crippen molar-refractivity contribution in [2.75, 3.05) is 13.2 Å². The number of unbranched alkanes of at least 4 members (excludes halogenated alkanes) is 1. The van der Waals surface area contributed by atoms with Gasteiger partial charge in [0.25, 0.3) is 0 Å². The average molecular weight is 183 g/mol. The zero-order valence-corrected chi connectivity index (χ0v) is 8.98. The van der Waals surface area contributed by atoms with Crippen molar-refractivity contribution in [2.24, 2.45) is 0 Å². The molecule has 0 aromatic rings. The van der Waals surface area contributed by atoms with Gasteiger partial charge in [-0.05, 0) is 31.6 Å². The summed E-state index contributed by atoms with van der Waals surface area (Å²) in [6.07, 6.45) is 10.7. The fraction of sp³-hybridized carbons (Fsp3) is 0.917. The Morgan fingerprint density at radius 3 is 2.54 bits per heavy atom. The predicted octanol–water partition coefficient (Wildman–Crippen LogP) is 3.73. The summed E-state index contributed by atoms with van der Waals surface area (Å²) in [5.74, 6) is 1.75. The minimum absolute atomic E-state index is 0.962. The molecule has 1 rings (SSSR count). The molecule has 1 aliphatic rings. The topological polar surface area (TPSA) is 9.23 Å². The molecule has 13 heavy (non-hydrogen) atoms. The van der Waals surface area contributed by atoms with Gasteiger partial charge in [-0.25, -0.2) is 0 Å². The second-order valence-corrected chi connectivity index (χ2v) is 4.03. The summed E-state index contributed by atoms with van der Waals surface area (Å²) in [6, 6.07) is 0. The van der Waals surface area contributed by atoms with E-state index in [1.165, 1.54) is 51.4 Å². The van der Waals surface area contributed by atoms with Crippen LogP contribution in [0, 0.1) is 5.92 Å². The van der Waals surface area contributed by atoms with Crippen molar-refractivity contribution in [3.63, 3.8) is 0 Å². The molecule has 0 heterocycles. The number of rotatable bonds is 6. The van der Waals surface area contributed by atoms with Crippen molar-refractivity contribution in [1.29, 1.82) is 0 Å². The van der Waals surface area contributed by atoms with Crippen LogP contribution < -0.4 is 0 Å². The first-order valence-corrected chi connectivity index (χ1v) is 5.85. The van der Waals surface area contributed by atoms with Crippen molar-refractivity contribution in [3.05, 3.63) is 5.92 Å². The first kappa shape index (κ1) is 11.0. The third kappa shape index (κ3) is 5.30. The van der Waals surface area contributed by atoms with Crippen molar-refractivity contribution in [3.8, 4) is 0 Å². The third-order valence-corrected chi connectivity index (χ3v) is 2.80. The van der Waals surface area contributed by atoms with Gasteiger partial charge in [0.1, 0.15) is 0 Å². The molecule has 1 saturated carbocycles. The first-order valence-electron chi connectivity index (χ1n) is 5.85. The standard InChI is InChI=1S/C12H23O/c1-2-3-10-13-11-9-12-7-5-4-6-8-12/h2-11H2,1H3. The Hall–Kier alpha value is -0.0400. The summed E-state index contributed by atoms with van der Waals surface area (Å²) in [5, 5.41) is 0. The van der Waals surface area contributed by atoms with Gasteiger partial charge >= 0.3 is 0 Å². The Balaban J connectivity index is 1.86. The predicted molar refractivity (Wildman–Crippen MR) is 56.7 cm³/mol. The van der Waals surface area contributed by atoms with E-state index in [9.17, 15) is 0 Å². The van der Waals surface area contributed by atoms with Crippen LogP contribution in [0.4, 0.5) is 0 Å². The summed E-state index contributed by atoms with van der Waals surface area (Å²) in [6.45, 7) is 4.14. The fourth-order valence-electron chi connectivity index (χ4n) is 1.87. The lowest BCUT2D eigenvalue weighted by Crippen LogP contribution is -2.07. The molecule has 1 nitrogen and oxygen atoms in total. The number of hydrogen-bond donors (Lipinski definition) is 0. The molecule has 0 bridgehead atoms. The van der Waals surface area contributed by atoms with Gasteiger partial charge in [0, 0.05) is 13.2 Å². The maximum absolute atomic E-state index is 5.56. The largest absolute Gasteiger partial charge is 0.381 e. The van der Waals surface area contributed by atoms with Gasteiger partial charge < -0.3 is 4.74 Å². The molecule has 77 valence electrons. The lowest BCUT2D eigenvalue weighted by Gasteiger charge is -2.20. The van der Waals surface area contributed by atoms with E-state index in [-0.39, 0.29) is 0 Å². The highest BCUT2D eigenvalue weighted by molar-refractivity contribution is 4.91. The highest BCUT2D eigenvalue weighted by Gasteiger charge is 2.12.